The highest BCUT2D eigenvalue weighted by atomic mass is 32.2. The van der Waals surface area contributed by atoms with Crippen LogP contribution in [-0.2, 0) is 15.8 Å². The molecule has 0 unspecified atom stereocenters. The third-order valence-corrected chi connectivity index (χ3v) is 6.06. The number of nitrogens with zero attached hydrogens (tertiary/aromatic N) is 2. The lowest BCUT2D eigenvalue weighted by atomic mass is 10.1. The van der Waals surface area contributed by atoms with E-state index in [-0.39, 0.29) is 5.75 Å². The molecule has 0 radical (unpaired) electrons. The van der Waals surface area contributed by atoms with Gasteiger partial charge in [-0.1, -0.05) is 30.7 Å². The van der Waals surface area contributed by atoms with E-state index in [9.17, 15) is 8.42 Å². The van der Waals surface area contributed by atoms with Gasteiger partial charge in [-0.3, -0.25) is 0 Å². The summed E-state index contributed by atoms with van der Waals surface area (Å²) in [6, 6.07) is 7.68. The highest BCUT2D eigenvalue weighted by molar-refractivity contribution is 7.88. The van der Waals surface area contributed by atoms with Crippen LogP contribution in [0.25, 0.3) is 0 Å². The van der Waals surface area contributed by atoms with Crippen LogP contribution in [-0.4, -0.2) is 50.8 Å². The molecule has 0 amide bonds. The fourth-order valence-corrected chi connectivity index (χ4v) is 3.98. The summed E-state index contributed by atoms with van der Waals surface area (Å²) in [6.45, 7) is 5.58. The number of hydrogen-bond donors (Lipinski definition) is 0. The minimum atomic E-state index is -3.23. The first-order valence-electron chi connectivity index (χ1n) is 7.70. The Kier molecular flexibility index (Phi) is 5.79. The van der Waals surface area contributed by atoms with E-state index in [1.54, 1.807) is 7.05 Å². The van der Waals surface area contributed by atoms with Crippen molar-refractivity contribution < 1.29 is 8.42 Å². The molecule has 0 atom stereocenters. The normalized spacial score (nSPS) is 17.3. The summed E-state index contributed by atoms with van der Waals surface area (Å²) < 4.78 is 26.4. The second-order valence-corrected chi connectivity index (χ2v) is 7.98. The molecule has 118 valence electrons. The van der Waals surface area contributed by atoms with E-state index in [0.717, 1.165) is 30.8 Å². The van der Waals surface area contributed by atoms with E-state index in [2.05, 4.69) is 4.90 Å². The number of sulfonamides is 1. The Morgan fingerprint density at radius 2 is 1.81 bits per heavy atom. The molecule has 4 nitrogen and oxygen atoms in total. The Bertz CT molecular complexity index is 551. The lowest BCUT2D eigenvalue weighted by molar-refractivity contribution is 0.218. The minimum Gasteiger partial charge on any atom is -0.302 e. The molecule has 0 N–H and O–H groups in total. The van der Waals surface area contributed by atoms with Crippen LogP contribution in [0.2, 0.25) is 0 Å². The summed E-state index contributed by atoms with van der Waals surface area (Å²) >= 11 is 0. The van der Waals surface area contributed by atoms with Crippen molar-refractivity contribution in [2.24, 2.45) is 0 Å². The zero-order valence-electron chi connectivity index (χ0n) is 13.1. The molecule has 21 heavy (non-hydrogen) atoms. The summed E-state index contributed by atoms with van der Waals surface area (Å²) in [5, 5.41) is 0. The van der Waals surface area contributed by atoms with Crippen molar-refractivity contribution >= 4 is 10.0 Å². The summed E-state index contributed by atoms with van der Waals surface area (Å²) in [5.74, 6) is 0.0934. The van der Waals surface area contributed by atoms with Crippen LogP contribution in [0.1, 0.15) is 30.4 Å². The fourth-order valence-electron chi connectivity index (χ4n) is 2.68. The van der Waals surface area contributed by atoms with Crippen molar-refractivity contribution in [3.8, 4) is 0 Å². The molecule has 5 heteroatoms. The van der Waals surface area contributed by atoms with Gasteiger partial charge in [0.25, 0.3) is 0 Å². The van der Waals surface area contributed by atoms with Crippen LogP contribution < -0.4 is 0 Å². The largest absolute Gasteiger partial charge is 0.302 e. The van der Waals surface area contributed by atoms with Gasteiger partial charge in [-0.15, -0.1) is 0 Å². The molecule has 0 aromatic heterocycles. The van der Waals surface area contributed by atoms with E-state index in [0.29, 0.717) is 6.54 Å². The maximum absolute atomic E-state index is 12.4. The Hall–Kier alpha value is -0.910. The average molecular weight is 310 g/mol. The third-order valence-electron chi connectivity index (χ3n) is 4.25. The molecule has 0 spiro atoms. The van der Waals surface area contributed by atoms with Gasteiger partial charge in [0.1, 0.15) is 0 Å². The standard InChI is InChI=1S/C16H26N2O2S/c1-15-8-4-5-9-16(15)14-21(19,20)17(2)12-13-18-10-6-3-7-11-18/h4-5,8-9H,3,6-7,10-14H2,1-2H3. The SMILES string of the molecule is Cc1ccccc1CS(=O)(=O)N(C)CCN1CCCCC1. The van der Waals surface area contributed by atoms with E-state index in [1.165, 1.54) is 23.6 Å². The average Bonchev–Trinajstić information content (AvgIpc) is 2.48. The second-order valence-electron chi connectivity index (χ2n) is 5.91. The first-order valence-corrected chi connectivity index (χ1v) is 9.31. The van der Waals surface area contributed by atoms with Crippen LogP contribution in [0.4, 0.5) is 0 Å². The number of rotatable bonds is 6. The summed E-state index contributed by atoms with van der Waals surface area (Å²) in [6.07, 6.45) is 3.78. The molecule has 1 aromatic rings. The second kappa shape index (κ2) is 7.38. The van der Waals surface area contributed by atoms with Crippen molar-refractivity contribution in [1.29, 1.82) is 0 Å². The Labute approximate surface area is 128 Å². The Morgan fingerprint density at radius 3 is 2.48 bits per heavy atom. The fraction of sp³-hybridized carbons (Fsp3) is 0.625. The molecule has 1 aliphatic rings. The number of aryl methyl sites for hydroxylation is 1. The number of piperidine rings is 1. The van der Waals surface area contributed by atoms with Gasteiger partial charge >= 0.3 is 0 Å². The lowest BCUT2D eigenvalue weighted by Crippen LogP contribution is -2.39. The molecule has 1 heterocycles. The molecular formula is C16H26N2O2S. The van der Waals surface area contributed by atoms with Crippen molar-refractivity contribution in [3.63, 3.8) is 0 Å². The maximum Gasteiger partial charge on any atom is 0.218 e. The summed E-state index contributed by atoms with van der Waals surface area (Å²) in [4.78, 5) is 2.36. The van der Waals surface area contributed by atoms with Gasteiger partial charge in [0.15, 0.2) is 0 Å². The molecule has 0 aliphatic carbocycles. The molecular weight excluding hydrogens is 284 g/mol. The zero-order valence-corrected chi connectivity index (χ0v) is 13.9. The van der Waals surface area contributed by atoms with Crippen LogP contribution >= 0.6 is 0 Å². The number of likely N-dealkylation sites (tertiary alicyclic amines) is 1. The topological polar surface area (TPSA) is 40.6 Å². The molecule has 0 bridgehead atoms. The van der Waals surface area contributed by atoms with Gasteiger partial charge < -0.3 is 4.90 Å². The highest BCUT2D eigenvalue weighted by Gasteiger charge is 2.20. The Balaban J connectivity index is 1.90. The number of hydrogen-bond acceptors (Lipinski definition) is 3. The van der Waals surface area contributed by atoms with Gasteiger partial charge in [0, 0.05) is 20.1 Å². The van der Waals surface area contributed by atoms with E-state index in [1.807, 2.05) is 31.2 Å². The molecule has 1 saturated heterocycles. The lowest BCUT2D eigenvalue weighted by Gasteiger charge is -2.28. The van der Waals surface area contributed by atoms with Gasteiger partial charge in [-0.25, -0.2) is 12.7 Å². The van der Waals surface area contributed by atoms with Crippen molar-refractivity contribution in [2.75, 3.05) is 33.2 Å². The van der Waals surface area contributed by atoms with E-state index >= 15 is 0 Å². The zero-order chi connectivity index (χ0) is 15.3. The number of likely N-dealkylation sites (N-methyl/N-ethyl adjacent to an activating group) is 1. The van der Waals surface area contributed by atoms with Crippen molar-refractivity contribution in [2.45, 2.75) is 31.9 Å². The third kappa shape index (κ3) is 4.80. The number of benzene rings is 1. The van der Waals surface area contributed by atoms with E-state index in [4.69, 9.17) is 0 Å². The highest BCUT2D eigenvalue weighted by Crippen LogP contribution is 2.14. The van der Waals surface area contributed by atoms with Crippen LogP contribution in [0, 0.1) is 6.92 Å². The first kappa shape index (κ1) is 16.5. The maximum atomic E-state index is 12.4. The van der Waals surface area contributed by atoms with Gasteiger partial charge in [-0.2, -0.15) is 0 Å². The van der Waals surface area contributed by atoms with Gasteiger partial charge in [0.05, 0.1) is 5.75 Å². The van der Waals surface area contributed by atoms with Gasteiger partial charge in [0.2, 0.25) is 10.0 Å². The predicted molar refractivity (Wildman–Crippen MR) is 86.7 cm³/mol. The molecule has 2 rings (SSSR count). The van der Waals surface area contributed by atoms with Gasteiger partial charge in [-0.05, 0) is 44.0 Å². The first-order chi connectivity index (χ1) is 9.99. The predicted octanol–water partition coefficient (Wildman–Crippen LogP) is 2.24. The van der Waals surface area contributed by atoms with Crippen LogP contribution in [0.5, 0.6) is 0 Å². The summed E-state index contributed by atoms with van der Waals surface area (Å²) in [5.41, 5.74) is 1.92. The van der Waals surface area contributed by atoms with Crippen molar-refractivity contribution in [3.05, 3.63) is 35.4 Å². The van der Waals surface area contributed by atoms with Crippen molar-refractivity contribution in [1.82, 2.24) is 9.21 Å². The van der Waals surface area contributed by atoms with Crippen LogP contribution in [0.3, 0.4) is 0 Å². The molecule has 1 aliphatic heterocycles. The van der Waals surface area contributed by atoms with Crippen LogP contribution in [0.15, 0.2) is 24.3 Å². The smallest absolute Gasteiger partial charge is 0.218 e. The van der Waals surface area contributed by atoms with E-state index < -0.39 is 10.0 Å². The molecule has 1 aromatic carbocycles. The quantitative estimate of drug-likeness (QED) is 0.809. The monoisotopic (exact) mass is 310 g/mol. The Morgan fingerprint density at radius 1 is 1.14 bits per heavy atom. The summed E-state index contributed by atoms with van der Waals surface area (Å²) in [7, 11) is -1.54. The molecule has 0 saturated carbocycles. The minimum absolute atomic E-state index is 0.0934. The molecule has 1 fully saturated rings.